The summed E-state index contributed by atoms with van der Waals surface area (Å²) in [6, 6.07) is 0. The molecule has 6 fully saturated rings. The van der Waals surface area contributed by atoms with Gasteiger partial charge in [0.15, 0.2) is 12.6 Å². The SMILES string of the molecule is CC(C)(/C=C/C[C@](C)(O[C@@H]1O[C@H](CO[C@@H]2OC[C@@H](O)[C@H](O)[C@H]2O)[C@@H](O)[C@H](O)[C@H]1O)[C@@H]1CC[C@]2(C)[C@@H]1[C@H](O)C[C@H]1[C@@]3(C)C[C@@H](O)[C@H](O)C(C)(C)[C@H]3CC[C@]12C)OO. The number of aliphatic hydroxyl groups excluding tert-OH is 9. The van der Waals surface area contributed by atoms with Gasteiger partial charge in [-0.25, -0.2) is 4.89 Å². The van der Waals surface area contributed by atoms with Crippen molar-refractivity contribution >= 4 is 0 Å². The summed E-state index contributed by atoms with van der Waals surface area (Å²) in [6.45, 7) is 15.5. The number of ether oxygens (including phenoxy) is 4. The molecule has 2 heterocycles. The van der Waals surface area contributed by atoms with E-state index in [4.69, 9.17) is 18.9 Å². The second-order valence-corrected chi connectivity index (χ2v) is 20.3. The van der Waals surface area contributed by atoms with Crippen molar-refractivity contribution in [1.82, 2.24) is 0 Å². The molecule has 4 saturated carbocycles. The first kappa shape index (κ1) is 44.7. The average Bonchev–Trinajstić information content (AvgIpc) is 3.51. The first-order chi connectivity index (χ1) is 25.9. The quantitative estimate of drug-likeness (QED) is 0.0848. The van der Waals surface area contributed by atoms with Crippen molar-refractivity contribution < 1.29 is 75.1 Å². The molecule has 0 bridgehead atoms. The molecule has 56 heavy (non-hydrogen) atoms. The van der Waals surface area contributed by atoms with Crippen LogP contribution in [0.15, 0.2) is 12.2 Å². The van der Waals surface area contributed by atoms with Gasteiger partial charge in [-0.15, -0.1) is 0 Å². The Morgan fingerprint density at radius 2 is 1.38 bits per heavy atom. The molecule has 15 nitrogen and oxygen atoms in total. The lowest BCUT2D eigenvalue weighted by atomic mass is 9.35. The Kier molecular flexibility index (Phi) is 12.4. The lowest BCUT2D eigenvalue weighted by Gasteiger charge is -2.71. The number of hydrogen-bond donors (Lipinski definition) is 10. The Bertz CT molecular complexity index is 1410. The molecule has 15 heteroatoms. The zero-order valence-electron chi connectivity index (χ0n) is 34.3. The van der Waals surface area contributed by atoms with Crippen molar-refractivity contribution in [3.8, 4) is 0 Å². The molecule has 4 aliphatic carbocycles. The van der Waals surface area contributed by atoms with Gasteiger partial charge in [0.1, 0.15) is 48.3 Å². The van der Waals surface area contributed by atoms with Crippen LogP contribution in [0.2, 0.25) is 0 Å². The molecular formula is C41H70O15. The third kappa shape index (κ3) is 7.25. The Hall–Kier alpha value is -0.860. The molecule has 0 unspecified atom stereocenters. The number of aliphatic hydroxyl groups is 9. The molecule has 2 saturated heterocycles. The molecule has 20 atom stereocenters. The summed E-state index contributed by atoms with van der Waals surface area (Å²) in [7, 11) is 0. The van der Waals surface area contributed by atoms with Gasteiger partial charge in [0.05, 0.1) is 37.1 Å². The van der Waals surface area contributed by atoms with Crippen molar-refractivity contribution in [2.75, 3.05) is 13.2 Å². The second kappa shape index (κ2) is 15.6. The van der Waals surface area contributed by atoms with Gasteiger partial charge in [-0.05, 0) is 111 Å². The van der Waals surface area contributed by atoms with E-state index in [1.54, 1.807) is 19.9 Å². The van der Waals surface area contributed by atoms with Crippen molar-refractivity contribution in [1.29, 1.82) is 0 Å². The molecule has 10 N–H and O–H groups in total. The number of fused-ring (bicyclic) bond motifs is 5. The molecule has 0 amide bonds. The van der Waals surface area contributed by atoms with Crippen LogP contribution in [0.5, 0.6) is 0 Å². The topological polar surface area (TPSA) is 248 Å². The van der Waals surface area contributed by atoms with E-state index < -0.39 is 96.8 Å². The predicted octanol–water partition coefficient (Wildman–Crippen LogP) is 1.23. The highest BCUT2D eigenvalue weighted by molar-refractivity contribution is 5.21. The van der Waals surface area contributed by atoms with E-state index in [0.717, 1.165) is 19.3 Å². The smallest absolute Gasteiger partial charge is 0.187 e. The van der Waals surface area contributed by atoms with Crippen LogP contribution < -0.4 is 0 Å². The molecule has 0 spiro atoms. The fraction of sp³-hybridized carbons (Fsp3) is 0.951. The lowest BCUT2D eigenvalue weighted by molar-refractivity contribution is -0.345. The average molecular weight is 803 g/mol. The summed E-state index contributed by atoms with van der Waals surface area (Å²) >= 11 is 0. The van der Waals surface area contributed by atoms with Gasteiger partial charge in [0.2, 0.25) is 0 Å². The standard InChI is InChI=1S/C41H70O15/c1-36(2,56-51)12-9-13-41(8,55-35-32(49)30(47)29(46)24(54-35)19-53-34-31(48)28(45)23(44)18-52-34)20-10-14-40(7)27(20)21(42)16-26-38(5)17-22(43)33(50)37(3,4)25(38)11-15-39(26,40)6/h9,12,20-35,42-51H,10-11,13-19H2,1-8H3/b12-9+/t20-,21-,22-,23-,24-,25-,26+,27+,28+,29-,30+,31-,32-,33+,34+,35+,38+,39-,40-,41+/m1/s1. The highest BCUT2D eigenvalue weighted by atomic mass is 17.1. The Morgan fingerprint density at radius 1 is 0.732 bits per heavy atom. The predicted molar refractivity (Wildman–Crippen MR) is 199 cm³/mol. The minimum atomic E-state index is -1.72. The Labute approximate surface area is 330 Å². The van der Waals surface area contributed by atoms with Gasteiger partial charge >= 0.3 is 0 Å². The summed E-state index contributed by atoms with van der Waals surface area (Å²) in [5.74, 6) is -0.340. The van der Waals surface area contributed by atoms with E-state index in [0.29, 0.717) is 19.3 Å². The van der Waals surface area contributed by atoms with Crippen LogP contribution in [0.1, 0.15) is 100 Å². The maximum atomic E-state index is 12.4. The number of hydrogen-bond acceptors (Lipinski definition) is 15. The van der Waals surface area contributed by atoms with E-state index in [-0.39, 0.29) is 52.9 Å². The molecule has 0 aromatic rings. The first-order valence-corrected chi connectivity index (χ1v) is 20.6. The van der Waals surface area contributed by atoms with Crippen LogP contribution in [-0.2, 0) is 23.8 Å². The third-order valence-electron chi connectivity index (χ3n) is 16.3. The van der Waals surface area contributed by atoms with Crippen molar-refractivity contribution in [3.63, 3.8) is 0 Å². The zero-order valence-corrected chi connectivity index (χ0v) is 34.3. The van der Waals surface area contributed by atoms with Crippen molar-refractivity contribution in [2.24, 2.45) is 45.3 Å². The van der Waals surface area contributed by atoms with Crippen LogP contribution in [0.3, 0.4) is 0 Å². The van der Waals surface area contributed by atoms with Crippen LogP contribution >= 0.6 is 0 Å². The second-order valence-electron chi connectivity index (χ2n) is 20.3. The normalized spacial score (nSPS) is 51.9. The molecule has 6 rings (SSSR count). The van der Waals surface area contributed by atoms with E-state index in [2.05, 4.69) is 39.5 Å². The summed E-state index contributed by atoms with van der Waals surface area (Å²) in [4.78, 5) is 4.66. The fourth-order valence-electron chi connectivity index (χ4n) is 13.0. The highest BCUT2D eigenvalue weighted by Gasteiger charge is 2.72. The van der Waals surface area contributed by atoms with Gasteiger partial charge in [-0.1, -0.05) is 46.8 Å². The molecule has 324 valence electrons. The zero-order chi connectivity index (χ0) is 41.6. The van der Waals surface area contributed by atoms with Crippen LogP contribution in [0.25, 0.3) is 0 Å². The van der Waals surface area contributed by atoms with Gasteiger partial charge in [0, 0.05) is 0 Å². The molecule has 0 radical (unpaired) electrons. The van der Waals surface area contributed by atoms with E-state index in [1.807, 2.05) is 13.0 Å². The minimum absolute atomic E-state index is 0.0664. The fourth-order valence-corrected chi connectivity index (χ4v) is 13.0. The van der Waals surface area contributed by atoms with Crippen LogP contribution in [-0.4, -0.2) is 149 Å². The molecule has 0 aromatic carbocycles. The van der Waals surface area contributed by atoms with Gasteiger partial charge in [-0.2, -0.15) is 0 Å². The first-order valence-electron chi connectivity index (χ1n) is 20.6. The molecule has 2 aliphatic heterocycles. The van der Waals surface area contributed by atoms with Gasteiger partial charge < -0.3 is 64.9 Å². The van der Waals surface area contributed by atoms with Crippen molar-refractivity contribution in [2.45, 2.75) is 185 Å². The molecular weight excluding hydrogens is 732 g/mol. The summed E-state index contributed by atoms with van der Waals surface area (Å²) < 4.78 is 23.9. The Balaban J connectivity index is 1.29. The van der Waals surface area contributed by atoms with Gasteiger partial charge in [-0.3, -0.25) is 5.26 Å². The monoisotopic (exact) mass is 802 g/mol. The van der Waals surface area contributed by atoms with Crippen molar-refractivity contribution in [3.05, 3.63) is 12.2 Å². The summed E-state index contributed by atoms with van der Waals surface area (Å²) in [5, 5.41) is 108. The molecule has 0 aromatic heterocycles. The van der Waals surface area contributed by atoms with Crippen LogP contribution in [0, 0.1) is 45.3 Å². The minimum Gasteiger partial charge on any atom is -0.393 e. The van der Waals surface area contributed by atoms with E-state index in [9.17, 15) is 51.2 Å². The van der Waals surface area contributed by atoms with Gasteiger partial charge in [0.25, 0.3) is 0 Å². The molecule has 6 aliphatic rings. The maximum Gasteiger partial charge on any atom is 0.187 e. The summed E-state index contributed by atoms with van der Waals surface area (Å²) in [5.41, 5.74) is -3.63. The van der Waals surface area contributed by atoms with E-state index >= 15 is 0 Å². The third-order valence-corrected chi connectivity index (χ3v) is 16.3. The Morgan fingerprint density at radius 3 is 2.04 bits per heavy atom. The number of rotatable bonds is 10. The highest BCUT2D eigenvalue weighted by Crippen LogP contribution is 2.76. The largest absolute Gasteiger partial charge is 0.393 e. The van der Waals surface area contributed by atoms with E-state index in [1.165, 1.54) is 0 Å². The summed E-state index contributed by atoms with van der Waals surface area (Å²) in [6.07, 6.45) is -8.12. The van der Waals surface area contributed by atoms with Crippen LogP contribution in [0.4, 0.5) is 0 Å². The maximum absolute atomic E-state index is 12.4. The lowest BCUT2D eigenvalue weighted by Crippen LogP contribution is -2.68.